The summed E-state index contributed by atoms with van der Waals surface area (Å²) in [6.45, 7) is 2.85. The fourth-order valence-electron chi connectivity index (χ4n) is 1.73. The molecule has 5 heteroatoms. The Morgan fingerprint density at radius 3 is 2.71 bits per heavy atom. The first-order valence-corrected chi connectivity index (χ1v) is 5.52. The van der Waals surface area contributed by atoms with Crippen molar-refractivity contribution in [2.45, 2.75) is 19.3 Å². The summed E-state index contributed by atoms with van der Waals surface area (Å²) in [5, 5.41) is 3.00. The number of halogens is 2. The molecule has 0 radical (unpaired) electrons. The van der Waals surface area contributed by atoms with E-state index in [1.807, 2.05) is 0 Å². The van der Waals surface area contributed by atoms with Crippen LogP contribution >= 0.6 is 0 Å². The summed E-state index contributed by atoms with van der Waals surface area (Å²) >= 11 is 0. The van der Waals surface area contributed by atoms with Crippen LogP contribution in [0.15, 0.2) is 12.1 Å². The molecule has 1 N–H and O–H groups in total. The van der Waals surface area contributed by atoms with Crippen LogP contribution < -0.4 is 10.1 Å². The third-order valence-electron chi connectivity index (χ3n) is 2.76. The van der Waals surface area contributed by atoms with Crippen molar-refractivity contribution in [2.75, 3.05) is 13.1 Å². The number of hydrogen-bond donors (Lipinski definition) is 1. The normalized spacial score (nSPS) is 15.5. The first-order valence-electron chi connectivity index (χ1n) is 5.52. The molecule has 0 spiro atoms. The van der Waals surface area contributed by atoms with Gasteiger partial charge in [-0.2, -0.15) is 0 Å². The third kappa shape index (κ3) is 2.44. The smallest absolute Gasteiger partial charge is 0.310 e. The van der Waals surface area contributed by atoms with E-state index in [4.69, 9.17) is 4.74 Å². The molecule has 1 aliphatic rings. The van der Waals surface area contributed by atoms with Crippen molar-refractivity contribution in [3.8, 4) is 5.75 Å². The topological polar surface area (TPSA) is 38.3 Å². The van der Waals surface area contributed by atoms with Gasteiger partial charge in [-0.25, -0.2) is 8.78 Å². The molecule has 1 heterocycles. The Kier molecular flexibility index (Phi) is 3.38. The highest BCUT2D eigenvalue weighted by molar-refractivity contribution is 5.72. The van der Waals surface area contributed by atoms with E-state index in [0.29, 0.717) is 13.1 Å². The van der Waals surface area contributed by atoms with E-state index in [9.17, 15) is 13.6 Å². The van der Waals surface area contributed by atoms with Crippen molar-refractivity contribution in [2.24, 2.45) is 0 Å². The molecule has 1 saturated heterocycles. The molecule has 2 rings (SSSR count). The average Bonchev–Trinajstić information content (AvgIpc) is 2.20. The van der Waals surface area contributed by atoms with Crippen LogP contribution in [0.3, 0.4) is 0 Å². The molecule has 0 saturated carbocycles. The van der Waals surface area contributed by atoms with Gasteiger partial charge < -0.3 is 10.1 Å². The summed E-state index contributed by atoms with van der Waals surface area (Å²) in [6, 6.07) is 1.88. The maximum absolute atomic E-state index is 13.7. The maximum atomic E-state index is 13.7. The number of carbonyl (C=O) groups excluding carboxylic acids is 1. The zero-order valence-electron chi connectivity index (χ0n) is 9.43. The van der Waals surface area contributed by atoms with Gasteiger partial charge in [0.1, 0.15) is 17.4 Å². The fourth-order valence-corrected chi connectivity index (χ4v) is 1.73. The third-order valence-corrected chi connectivity index (χ3v) is 2.76. The minimum atomic E-state index is -0.738. The molecule has 0 atom stereocenters. The van der Waals surface area contributed by atoms with E-state index in [1.54, 1.807) is 6.92 Å². The van der Waals surface area contributed by atoms with Crippen molar-refractivity contribution in [3.05, 3.63) is 29.3 Å². The second-order valence-electron chi connectivity index (χ2n) is 3.98. The zero-order chi connectivity index (χ0) is 12.4. The maximum Gasteiger partial charge on any atom is 0.310 e. The highest BCUT2D eigenvalue weighted by Gasteiger charge is 2.27. The molecule has 0 amide bonds. The Hall–Kier alpha value is -1.49. The fraction of sp³-hybridized carbons (Fsp3) is 0.417. The lowest BCUT2D eigenvalue weighted by molar-refractivity contribution is -0.134. The summed E-state index contributed by atoms with van der Waals surface area (Å²) in [4.78, 5) is 11.2. The van der Waals surface area contributed by atoms with Gasteiger partial charge in [0.25, 0.3) is 0 Å². The molecular weight excluding hydrogens is 228 g/mol. The van der Waals surface area contributed by atoms with Gasteiger partial charge in [0.15, 0.2) is 0 Å². The highest BCUT2D eigenvalue weighted by Crippen LogP contribution is 2.33. The van der Waals surface area contributed by atoms with Crippen molar-refractivity contribution < 1.29 is 18.3 Å². The van der Waals surface area contributed by atoms with E-state index < -0.39 is 17.6 Å². The second-order valence-corrected chi connectivity index (χ2v) is 3.98. The number of ether oxygens (including phenoxy) is 1. The highest BCUT2D eigenvalue weighted by atomic mass is 19.1. The summed E-state index contributed by atoms with van der Waals surface area (Å²) < 4.78 is 31.7. The van der Waals surface area contributed by atoms with Crippen LogP contribution in [0.5, 0.6) is 5.75 Å². The van der Waals surface area contributed by atoms with Crippen molar-refractivity contribution in [1.29, 1.82) is 0 Å². The summed E-state index contributed by atoms with van der Waals surface area (Å²) in [6.07, 6.45) is 0.167. The van der Waals surface area contributed by atoms with Gasteiger partial charge in [-0.1, -0.05) is 6.92 Å². The SMILES string of the molecule is CCC(=O)Oc1cc(F)cc(F)c1C1CNC1. The predicted octanol–water partition coefficient (Wildman–Crippen LogP) is 1.97. The number of rotatable bonds is 3. The number of benzene rings is 1. The minimum absolute atomic E-state index is 0.000787. The first-order chi connectivity index (χ1) is 8.11. The molecule has 92 valence electrons. The van der Waals surface area contributed by atoms with E-state index in [2.05, 4.69) is 5.32 Å². The molecule has 0 unspecified atom stereocenters. The lowest BCUT2D eigenvalue weighted by Crippen LogP contribution is -2.40. The number of carbonyl (C=O) groups is 1. The average molecular weight is 241 g/mol. The van der Waals surface area contributed by atoms with Crippen LogP contribution in [-0.4, -0.2) is 19.1 Å². The van der Waals surface area contributed by atoms with Crippen LogP contribution in [0.1, 0.15) is 24.8 Å². The van der Waals surface area contributed by atoms with Crippen molar-refractivity contribution in [1.82, 2.24) is 5.32 Å². The van der Waals surface area contributed by atoms with Gasteiger partial charge in [-0.3, -0.25) is 4.79 Å². The van der Waals surface area contributed by atoms with Crippen LogP contribution in [-0.2, 0) is 4.79 Å². The molecule has 1 aromatic rings. The molecule has 3 nitrogen and oxygen atoms in total. The number of hydrogen-bond acceptors (Lipinski definition) is 3. The number of nitrogens with one attached hydrogen (secondary N) is 1. The van der Waals surface area contributed by atoms with Crippen LogP contribution in [0.25, 0.3) is 0 Å². The van der Waals surface area contributed by atoms with E-state index in [1.165, 1.54) is 0 Å². The van der Waals surface area contributed by atoms with Crippen LogP contribution in [0.2, 0.25) is 0 Å². The quantitative estimate of drug-likeness (QED) is 0.649. The second kappa shape index (κ2) is 4.79. The number of esters is 1. The van der Waals surface area contributed by atoms with Gasteiger partial charge in [0.05, 0.1) is 0 Å². The molecule has 0 aromatic heterocycles. The predicted molar refractivity (Wildman–Crippen MR) is 57.9 cm³/mol. The summed E-state index contributed by atoms with van der Waals surface area (Å²) in [5.41, 5.74) is 0.284. The standard InChI is InChI=1S/C12H13F2NO2/c1-2-11(16)17-10-4-8(13)3-9(14)12(10)7-5-15-6-7/h3-4,7,15H,2,5-6H2,1H3. The molecule has 1 fully saturated rings. The van der Waals surface area contributed by atoms with E-state index >= 15 is 0 Å². The Morgan fingerprint density at radius 2 is 2.18 bits per heavy atom. The van der Waals surface area contributed by atoms with Crippen molar-refractivity contribution in [3.63, 3.8) is 0 Å². The lowest BCUT2D eigenvalue weighted by Gasteiger charge is -2.29. The van der Waals surface area contributed by atoms with E-state index in [-0.39, 0.29) is 23.7 Å². The summed E-state index contributed by atoms with van der Waals surface area (Å²) in [5.74, 6) is -1.95. The Bertz CT molecular complexity index is 444. The first kappa shape index (κ1) is 12.0. The molecular formula is C12H13F2NO2. The molecule has 17 heavy (non-hydrogen) atoms. The zero-order valence-corrected chi connectivity index (χ0v) is 9.43. The summed E-state index contributed by atoms with van der Waals surface area (Å²) in [7, 11) is 0. The van der Waals surface area contributed by atoms with Gasteiger partial charge in [-0.15, -0.1) is 0 Å². The molecule has 0 aliphatic carbocycles. The van der Waals surface area contributed by atoms with Crippen LogP contribution in [0, 0.1) is 11.6 Å². The lowest BCUT2D eigenvalue weighted by atomic mass is 9.92. The van der Waals surface area contributed by atoms with Gasteiger partial charge in [0.2, 0.25) is 0 Å². The Balaban J connectivity index is 2.36. The Morgan fingerprint density at radius 1 is 1.47 bits per heavy atom. The minimum Gasteiger partial charge on any atom is -0.426 e. The molecule has 1 aliphatic heterocycles. The Labute approximate surface area is 97.8 Å². The largest absolute Gasteiger partial charge is 0.426 e. The molecule has 0 bridgehead atoms. The molecule has 1 aromatic carbocycles. The monoisotopic (exact) mass is 241 g/mol. The van der Waals surface area contributed by atoms with E-state index in [0.717, 1.165) is 12.1 Å². The van der Waals surface area contributed by atoms with Gasteiger partial charge in [-0.05, 0) is 0 Å². The van der Waals surface area contributed by atoms with Crippen molar-refractivity contribution >= 4 is 5.97 Å². The van der Waals surface area contributed by atoms with Gasteiger partial charge >= 0.3 is 5.97 Å². The van der Waals surface area contributed by atoms with Crippen LogP contribution in [0.4, 0.5) is 8.78 Å². The van der Waals surface area contributed by atoms with Gasteiger partial charge in [0, 0.05) is 43.1 Å².